The van der Waals surface area contributed by atoms with Crippen molar-refractivity contribution in [2.75, 3.05) is 7.05 Å². The molecule has 1 atom stereocenters. The van der Waals surface area contributed by atoms with E-state index in [1.807, 2.05) is 18.2 Å². The SMILES string of the molecule is CC(c1cccs1)N(C)Cc1cccc(C#N)c1. The third-order valence-electron chi connectivity index (χ3n) is 3.10. The molecule has 2 nitrogen and oxygen atoms in total. The van der Waals surface area contributed by atoms with Crippen LogP contribution in [0.5, 0.6) is 0 Å². The number of nitriles is 1. The van der Waals surface area contributed by atoms with Crippen molar-refractivity contribution in [1.82, 2.24) is 4.90 Å². The summed E-state index contributed by atoms with van der Waals surface area (Å²) in [6.45, 7) is 3.06. The van der Waals surface area contributed by atoms with E-state index in [1.165, 1.54) is 10.4 Å². The lowest BCUT2D eigenvalue weighted by atomic mass is 10.1. The van der Waals surface area contributed by atoms with Gasteiger partial charge < -0.3 is 0 Å². The molecule has 0 aliphatic carbocycles. The second-order valence-corrected chi connectivity index (χ2v) is 5.40. The van der Waals surface area contributed by atoms with Gasteiger partial charge in [0, 0.05) is 17.5 Å². The average molecular weight is 256 g/mol. The highest BCUT2D eigenvalue weighted by atomic mass is 32.1. The van der Waals surface area contributed by atoms with Gasteiger partial charge in [-0.2, -0.15) is 5.26 Å². The molecule has 18 heavy (non-hydrogen) atoms. The van der Waals surface area contributed by atoms with Gasteiger partial charge in [-0.05, 0) is 43.1 Å². The molecule has 0 bridgehead atoms. The van der Waals surface area contributed by atoms with Crippen molar-refractivity contribution in [2.45, 2.75) is 19.5 Å². The van der Waals surface area contributed by atoms with Gasteiger partial charge in [-0.25, -0.2) is 0 Å². The van der Waals surface area contributed by atoms with Crippen LogP contribution in [0.3, 0.4) is 0 Å². The Hall–Kier alpha value is -1.63. The van der Waals surface area contributed by atoms with Gasteiger partial charge in [-0.3, -0.25) is 4.90 Å². The van der Waals surface area contributed by atoms with E-state index in [0.29, 0.717) is 6.04 Å². The number of hydrogen-bond acceptors (Lipinski definition) is 3. The molecule has 0 saturated heterocycles. The zero-order valence-electron chi connectivity index (χ0n) is 10.6. The first-order chi connectivity index (χ1) is 8.70. The Balaban J connectivity index is 2.07. The number of rotatable bonds is 4. The van der Waals surface area contributed by atoms with E-state index in [2.05, 4.69) is 48.5 Å². The second-order valence-electron chi connectivity index (χ2n) is 4.42. The molecule has 0 amide bonds. The van der Waals surface area contributed by atoms with Crippen LogP contribution in [0.25, 0.3) is 0 Å². The summed E-state index contributed by atoms with van der Waals surface area (Å²) in [7, 11) is 2.11. The van der Waals surface area contributed by atoms with Gasteiger partial charge in [0.2, 0.25) is 0 Å². The van der Waals surface area contributed by atoms with E-state index in [0.717, 1.165) is 12.1 Å². The molecular formula is C15H16N2S. The molecule has 0 N–H and O–H groups in total. The summed E-state index contributed by atoms with van der Waals surface area (Å²) < 4.78 is 0. The summed E-state index contributed by atoms with van der Waals surface area (Å²) in [5.41, 5.74) is 1.91. The fourth-order valence-electron chi connectivity index (χ4n) is 1.91. The normalized spacial score (nSPS) is 12.3. The van der Waals surface area contributed by atoms with Crippen LogP contribution < -0.4 is 0 Å². The van der Waals surface area contributed by atoms with Crippen molar-refractivity contribution in [3.63, 3.8) is 0 Å². The summed E-state index contributed by atoms with van der Waals surface area (Å²) >= 11 is 1.78. The number of hydrogen-bond donors (Lipinski definition) is 0. The highest BCUT2D eigenvalue weighted by Crippen LogP contribution is 2.24. The van der Waals surface area contributed by atoms with Crippen molar-refractivity contribution >= 4 is 11.3 Å². The molecular weight excluding hydrogens is 240 g/mol. The molecule has 0 aliphatic rings. The lowest BCUT2D eigenvalue weighted by Crippen LogP contribution is -2.21. The minimum Gasteiger partial charge on any atom is -0.295 e. The van der Waals surface area contributed by atoms with Gasteiger partial charge >= 0.3 is 0 Å². The van der Waals surface area contributed by atoms with E-state index < -0.39 is 0 Å². The van der Waals surface area contributed by atoms with Crippen molar-refractivity contribution in [3.05, 3.63) is 57.8 Å². The molecule has 0 radical (unpaired) electrons. The van der Waals surface area contributed by atoms with E-state index in [1.54, 1.807) is 11.3 Å². The topological polar surface area (TPSA) is 27.0 Å². The van der Waals surface area contributed by atoms with E-state index in [4.69, 9.17) is 5.26 Å². The van der Waals surface area contributed by atoms with Crippen LogP contribution in [0.1, 0.15) is 29.0 Å². The predicted octanol–water partition coefficient (Wildman–Crippen LogP) is 3.81. The lowest BCUT2D eigenvalue weighted by molar-refractivity contribution is 0.256. The monoisotopic (exact) mass is 256 g/mol. The molecule has 0 saturated carbocycles. The Bertz CT molecular complexity index is 540. The first-order valence-electron chi connectivity index (χ1n) is 5.93. The number of thiophene rings is 1. The van der Waals surface area contributed by atoms with Crippen LogP contribution >= 0.6 is 11.3 Å². The molecule has 1 aromatic heterocycles. The quantitative estimate of drug-likeness (QED) is 0.831. The zero-order chi connectivity index (χ0) is 13.0. The predicted molar refractivity (Wildman–Crippen MR) is 75.4 cm³/mol. The molecule has 2 aromatic rings. The van der Waals surface area contributed by atoms with Crippen molar-refractivity contribution in [3.8, 4) is 6.07 Å². The lowest BCUT2D eigenvalue weighted by Gasteiger charge is -2.23. The average Bonchev–Trinajstić information content (AvgIpc) is 2.92. The Kier molecular flexibility index (Phi) is 4.14. The fraction of sp³-hybridized carbons (Fsp3) is 0.267. The smallest absolute Gasteiger partial charge is 0.0991 e. The maximum atomic E-state index is 8.89. The molecule has 3 heteroatoms. The summed E-state index contributed by atoms with van der Waals surface area (Å²) in [6, 6.07) is 14.6. The summed E-state index contributed by atoms with van der Waals surface area (Å²) in [6.07, 6.45) is 0. The minimum absolute atomic E-state index is 0.399. The molecule has 0 fully saturated rings. The first kappa shape index (κ1) is 12.8. The molecule has 0 aliphatic heterocycles. The largest absolute Gasteiger partial charge is 0.295 e. The van der Waals surface area contributed by atoms with Gasteiger partial charge in [-0.15, -0.1) is 11.3 Å². The van der Waals surface area contributed by atoms with Crippen molar-refractivity contribution < 1.29 is 0 Å². The van der Waals surface area contributed by atoms with E-state index >= 15 is 0 Å². The number of nitrogens with zero attached hydrogens (tertiary/aromatic N) is 2. The summed E-state index contributed by atoms with van der Waals surface area (Å²) in [5.74, 6) is 0. The summed E-state index contributed by atoms with van der Waals surface area (Å²) in [5, 5.41) is 11.0. The van der Waals surface area contributed by atoms with Crippen LogP contribution in [-0.2, 0) is 6.54 Å². The maximum absolute atomic E-state index is 8.89. The van der Waals surface area contributed by atoms with Crippen LogP contribution in [0.4, 0.5) is 0 Å². The number of benzene rings is 1. The maximum Gasteiger partial charge on any atom is 0.0991 e. The standard InChI is InChI=1S/C15H16N2S/c1-12(15-7-4-8-18-15)17(2)11-14-6-3-5-13(9-14)10-16/h3-9,12H,11H2,1-2H3. The van der Waals surface area contributed by atoms with Gasteiger partial charge in [-0.1, -0.05) is 18.2 Å². The van der Waals surface area contributed by atoms with Crippen LogP contribution in [0.2, 0.25) is 0 Å². The molecule has 1 unspecified atom stereocenters. The van der Waals surface area contributed by atoms with E-state index in [-0.39, 0.29) is 0 Å². The van der Waals surface area contributed by atoms with Crippen LogP contribution in [0, 0.1) is 11.3 Å². The zero-order valence-corrected chi connectivity index (χ0v) is 11.4. The Labute approximate surface area is 112 Å². The van der Waals surface area contributed by atoms with E-state index in [9.17, 15) is 0 Å². The highest BCUT2D eigenvalue weighted by molar-refractivity contribution is 7.10. The summed E-state index contributed by atoms with van der Waals surface area (Å²) in [4.78, 5) is 3.66. The first-order valence-corrected chi connectivity index (χ1v) is 6.81. The second kappa shape index (κ2) is 5.81. The van der Waals surface area contributed by atoms with Gasteiger partial charge in [0.25, 0.3) is 0 Å². The third kappa shape index (κ3) is 2.98. The molecule has 92 valence electrons. The van der Waals surface area contributed by atoms with Gasteiger partial charge in [0.05, 0.1) is 11.6 Å². The Morgan fingerprint density at radius 1 is 1.33 bits per heavy atom. The van der Waals surface area contributed by atoms with Crippen molar-refractivity contribution in [1.29, 1.82) is 5.26 Å². The highest BCUT2D eigenvalue weighted by Gasteiger charge is 2.12. The minimum atomic E-state index is 0.399. The fourth-order valence-corrected chi connectivity index (χ4v) is 2.76. The molecule has 1 heterocycles. The third-order valence-corrected chi connectivity index (χ3v) is 4.15. The van der Waals surface area contributed by atoms with Crippen LogP contribution in [-0.4, -0.2) is 11.9 Å². The van der Waals surface area contributed by atoms with Crippen molar-refractivity contribution in [2.24, 2.45) is 0 Å². The Morgan fingerprint density at radius 2 is 2.17 bits per heavy atom. The Morgan fingerprint density at radius 3 is 2.83 bits per heavy atom. The molecule has 1 aromatic carbocycles. The van der Waals surface area contributed by atoms with Gasteiger partial charge in [0.1, 0.15) is 0 Å². The molecule has 0 spiro atoms. The van der Waals surface area contributed by atoms with Crippen LogP contribution in [0.15, 0.2) is 41.8 Å². The molecule has 2 rings (SSSR count). The van der Waals surface area contributed by atoms with Gasteiger partial charge in [0.15, 0.2) is 0 Å².